The highest BCUT2D eigenvalue weighted by Gasteiger charge is 2.26. The number of nitrogens with zero attached hydrogens (tertiary/aromatic N) is 2. The van der Waals surface area contributed by atoms with Gasteiger partial charge in [0, 0.05) is 52.2 Å². The highest BCUT2D eigenvalue weighted by Crippen LogP contribution is 2.33. The molecule has 0 fully saturated rings. The third kappa shape index (κ3) is 3.78. The van der Waals surface area contributed by atoms with Crippen LogP contribution in [0.3, 0.4) is 0 Å². The maximum absolute atomic E-state index is 12.9. The average Bonchev–Trinajstić information content (AvgIpc) is 3.22. The summed E-state index contributed by atoms with van der Waals surface area (Å²) in [6, 6.07) is 10.8. The molecule has 2 aromatic heterocycles. The molecular weight excluding hydrogens is 400 g/mol. The molecule has 30 heavy (non-hydrogen) atoms. The van der Waals surface area contributed by atoms with E-state index >= 15 is 0 Å². The highest BCUT2D eigenvalue weighted by molar-refractivity contribution is 7.84. The second kappa shape index (κ2) is 8.23. The fourth-order valence-corrected chi connectivity index (χ4v) is 4.36. The molecule has 0 saturated carbocycles. The zero-order chi connectivity index (χ0) is 21.3. The zero-order valence-corrected chi connectivity index (χ0v) is 17.5. The van der Waals surface area contributed by atoms with Crippen LogP contribution in [0, 0.1) is 5.92 Å². The van der Waals surface area contributed by atoms with Crippen molar-refractivity contribution < 1.29 is 13.8 Å². The van der Waals surface area contributed by atoms with E-state index in [0.29, 0.717) is 41.4 Å². The van der Waals surface area contributed by atoms with Gasteiger partial charge < -0.3 is 15.2 Å². The molecular formula is C22H22N4O3S. The Morgan fingerprint density at radius 2 is 2.07 bits per heavy atom. The number of fused-ring (bicyclic) bond motifs is 1. The van der Waals surface area contributed by atoms with Gasteiger partial charge in [-0.05, 0) is 53.5 Å². The predicted molar refractivity (Wildman–Crippen MR) is 118 cm³/mol. The van der Waals surface area contributed by atoms with E-state index < -0.39 is 10.8 Å². The van der Waals surface area contributed by atoms with E-state index in [1.807, 2.05) is 23.2 Å². The van der Waals surface area contributed by atoms with Gasteiger partial charge in [0.2, 0.25) is 6.41 Å². The molecule has 0 spiro atoms. The number of aromatic nitrogens is 2. The summed E-state index contributed by atoms with van der Waals surface area (Å²) >= 11 is 0. The fourth-order valence-electron chi connectivity index (χ4n) is 3.84. The molecule has 3 aromatic rings. The van der Waals surface area contributed by atoms with Gasteiger partial charge in [-0.1, -0.05) is 13.0 Å². The molecule has 0 radical (unpaired) electrons. The molecule has 3 heterocycles. The van der Waals surface area contributed by atoms with Gasteiger partial charge in [-0.2, -0.15) is 0 Å². The lowest BCUT2D eigenvalue weighted by Crippen LogP contribution is -2.38. The van der Waals surface area contributed by atoms with Crippen LogP contribution in [0.4, 0.5) is 5.82 Å². The number of nitrogens with one attached hydrogen (secondary N) is 2. The summed E-state index contributed by atoms with van der Waals surface area (Å²) in [5.41, 5.74) is 3.41. The first kappa shape index (κ1) is 20.0. The Kier molecular flexibility index (Phi) is 5.50. The molecule has 154 valence electrons. The predicted octanol–water partition coefficient (Wildman–Crippen LogP) is 3.04. The number of carbonyl (C=O) groups is 2. The van der Waals surface area contributed by atoms with Gasteiger partial charge in [-0.15, -0.1) is 0 Å². The van der Waals surface area contributed by atoms with Crippen LogP contribution in [0.25, 0.3) is 16.6 Å². The Labute approximate surface area is 176 Å². The second-order valence-corrected chi connectivity index (χ2v) is 8.69. The van der Waals surface area contributed by atoms with Crippen molar-refractivity contribution in [3.63, 3.8) is 0 Å². The van der Waals surface area contributed by atoms with Crippen molar-refractivity contribution in [2.24, 2.45) is 5.92 Å². The average molecular weight is 423 g/mol. The van der Waals surface area contributed by atoms with Crippen LogP contribution < -0.4 is 5.32 Å². The number of hydrogen-bond donors (Lipinski definition) is 2. The van der Waals surface area contributed by atoms with Gasteiger partial charge in [0.05, 0.1) is 0 Å². The SMILES string of the molecule is CC1CN(C(=O)c2ccc(S(C)=O)cc2)CC=C1c1cc(NC=O)nc2[nH]ccc12. The number of hydrogen-bond acceptors (Lipinski definition) is 4. The van der Waals surface area contributed by atoms with Gasteiger partial charge in [0.25, 0.3) is 5.91 Å². The molecule has 8 heteroatoms. The highest BCUT2D eigenvalue weighted by atomic mass is 32.2. The first-order chi connectivity index (χ1) is 14.5. The summed E-state index contributed by atoms with van der Waals surface area (Å²) in [4.78, 5) is 33.8. The Morgan fingerprint density at radius 1 is 1.30 bits per heavy atom. The van der Waals surface area contributed by atoms with Gasteiger partial charge in [0.15, 0.2) is 0 Å². The minimum absolute atomic E-state index is 0.0459. The Balaban J connectivity index is 1.61. The molecule has 0 bridgehead atoms. The molecule has 4 rings (SSSR count). The van der Waals surface area contributed by atoms with E-state index in [4.69, 9.17) is 0 Å². The van der Waals surface area contributed by atoms with E-state index in [9.17, 15) is 13.8 Å². The molecule has 0 saturated heterocycles. The summed E-state index contributed by atoms with van der Waals surface area (Å²) in [7, 11) is -1.07. The number of aromatic amines is 1. The minimum Gasteiger partial charge on any atom is -0.346 e. The maximum Gasteiger partial charge on any atom is 0.254 e. The van der Waals surface area contributed by atoms with E-state index in [2.05, 4.69) is 28.3 Å². The van der Waals surface area contributed by atoms with E-state index in [1.165, 1.54) is 0 Å². The fraction of sp³-hybridized carbons (Fsp3) is 0.227. The van der Waals surface area contributed by atoms with E-state index in [-0.39, 0.29) is 11.8 Å². The summed E-state index contributed by atoms with van der Waals surface area (Å²) in [5.74, 6) is 0.542. The molecule has 1 aromatic carbocycles. The molecule has 2 atom stereocenters. The third-order valence-corrected chi connectivity index (χ3v) is 6.26. The molecule has 1 aliphatic heterocycles. The van der Waals surface area contributed by atoms with Gasteiger partial charge in [-0.3, -0.25) is 13.8 Å². The summed E-state index contributed by atoms with van der Waals surface area (Å²) in [5, 5.41) is 3.60. The number of carbonyl (C=O) groups excluding carboxylic acids is 2. The Hall–Kier alpha value is -3.26. The van der Waals surface area contributed by atoms with E-state index in [0.717, 1.165) is 16.5 Å². The van der Waals surface area contributed by atoms with Crippen LogP contribution in [0.15, 0.2) is 53.6 Å². The quantitative estimate of drug-likeness (QED) is 0.618. The molecule has 7 nitrogen and oxygen atoms in total. The van der Waals surface area contributed by atoms with Gasteiger partial charge >= 0.3 is 0 Å². The van der Waals surface area contributed by atoms with Crippen molar-refractivity contribution in [1.29, 1.82) is 0 Å². The number of rotatable bonds is 5. The smallest absolute Gasteiger partial charge is 0.254 e. The van der Waals surface area contributed by atoms with E-state index in [1.54, 1.807) is 30.5 Å². The molecule has 2 N–H and O–H groups in total. The van der Waals surface area contributed by atoms with Crippen molar-refractivity contribution in [2.75, 3.05) is 24.7 Å². The van der Waals surface area contributed by atoms with Gasteiger partial charge in [-0.25, -0.2) is 4.98 Å². The van der Waals surface area contributed by atoms with Crippen molar-refractivity contribution in [3.8, 4) is 0 Å². The standard InChI is InChI=1S/C22H22N4O3S/c1-14-12-26(22(28)15-3-5-16(6-4-15)30(2)29)10-8-17(14)19-11-20(24-13-27)25-21-18(19)7-9-23-21/h3-9,11,13-14H,10,12H2,1-2H3,(H2,23,24,25,27). The first-order valence-corrected chi connectivity index (χ1v) is 11.1. The summed E-state index contributed by atoms with van der Waals surface area (Å²) in [6.45, 7) is 3.15. The lowest BCUT2D eigenvalue weighted by atomic mass is 9.89. The number of pyridine rings is 1. The lowest BCUT2D eigenvalue weighted by Gasteiger charge is -2.32. The van der Waals surface area contributed by atoms with Crippen LogP contribution in [0.2, 0.25) is 0 Å². The van der Waals surface area contributed by atoms with Crippen LogP contribution in [-0.4, -0.2) is 50.7 Å². The normalized spacial score (nSPS) is 17.5. The zero-order valence-electron chi connectivity index (χ0n) is 16.7. The topological polar surface area (TPSA) is 95.2 Å². The van der Waals surface area contributed by atoms with Crippen LogP contribution in [0.1, 0.15) is 22.8 Å². The monoisotopic (exact) mass is 422 g/mol. The minimum atomic E-state index is -1.07. The Bertz CT molecular complexity index is 1170. The molecule has 0 aliphatic carbocycles. The third-order valence-electron chi connectivity index (χ3n) is 5.32. The molecule has 2 unspecified atom stereocenters. The number of anilines is 1. The first-order valence-electron chi connectivity index (χ1n) is 9.59. The van der Waals surface area contributed by atoms with Crippen LogP contribution in [0.5, 0.6) is 0 Å². The number of amides is 2. The maximum atomic E-state index is 12.9. The molecule has 2 amide bonds. The number of H-pyrrole nitrogens is 1. The van der Waals surface area contributed by atoms with Crippen molar-refractivity contribution >= 4 is 45.5 Å². The van der Waals surface area contributed by atoms with Gasteiger partial charge in [0.1, 0.15) is 11.5 Å². The largest absolute Gasteiger partial charge is 0.346 e. The van der Waals surface area contributed by atoms with Crippen LogP contribution >= 0.6 is 0 Å². The second-order valence-electron chi connectivity index (χ2n) is 7.31. The lowest BCUT2D eigenvalue weighted by molar-refractivity contribution is -0.105. The van der Waals surface area contributed by atoms with Crippen LogP contribution in [-0.2, 0) is 15.6 Å². The van der Waals surface area contributed by atoms with Crippen molar-refractivity contribution in [2.45, 2.75) is 11.8 Å². The van der Waals surface area contributed by atoms with Crippen molar-refractivity contribution in [1.82, 2.24) is 14.9 Å². The summed E-state index contributed by atoms with van der Waals surface area (Å²) < 4.78 is 11.6. The Morgan fingerprint density at radius 3 is 2.73 bits per heavy atom. The van der Waals surface area contributed by atoms with Crippen molar-refractivity contribution in [3.05, 3.63) is 59.8 Å². The number of benzene rings is 1. The summed E-state index contributed by atoms with van der Waals surface area (Å²) in [6.07, 6.45) is 6.11. The molecule has 1 aliphatic rings.